The summed E-state index contributed by atoms with van der Waals surface area (Å²) in [7, 11) is 0. The normalized spacial score (nSPS) is 27.0. The summed E-state index contributed by atoms with van der Waals surface area (Å²) in [6.45, 7) is 9.17. The second-order valence-electron chi connectivity index (χ2n) is 9.03. The molecule has 0 N–H and O–H groups in total. The van der Waals surface area contributed by atoms with Crippen molar-refractivity contribution in [2.75, 3.05) is 32.8 Å². The zero-order chi connectivity index (χ0) is 17.8. The molecule has 1 aromatic heterocycles. The van der Waals surface area contributed by atoms with Crippen LogP contribution < -0.4 is 0 Å². The fourth-order valence-electron chi connectivity index (χ4n) is 5.46. The molecule has 1 aromatic rings. The van der Waals surface area contributed by atoms with Gasteiger partial charge in [-0.2, -0.15) is 0 Å². The first kappa shape index (κ1) is 18.5. The Morgan fingerprint density at radius 1 is 0.962 bits per heavy atom. The van der Waals surface area contributed by atoms with Gasteiger partial charge in [0.25, 0.3) is 0 Å². The van der Waals surface area contributed by atoms with E-state index in [-0.39, 0.29) is 0 Å². The van der Waals surface area contributed by atoms with Crippen molar-refractivity contribution in [3.05, 3.63) is 17.7 Å². The van der Waals surface area contributed by atoms with Crippen molar-refractivity contribution >= 4 is 0 Å². The number of piperidine rings is 1. The third kappa shape index (κ3) is 4.51. The molecule has 4 rings (SSSR count). The van der Waals surface area contributed by atoms with Gasteiger partial charge in [0.2, 0.25) is 0 Å². The summed E-state index contributed by atoms with van der Waals surface area (Å²) in [5.74, 6) is 3.68. The van der Waals surface area contributed by atoms with E-state index in [1.165, 1.54) is 82.6 Å². The molecule has 0 bridgehead atoms. The Morgan fingerprint density at radius 2 is 1.73 bits per heavy atom. The predicted molar refractivity (Wildman–Crippen MR) is 105 cm³/mol. The molecular formula is C22H37N3O. The number of hydrogen-bond donors (Lipinski definition) is 0. The van der Waals surface area contributed by atoms with Gasteiger partial charge in [0.05, 0.1) is 0 Å². The molecule has 1 atom stereocenters. The van der Waals surface area contributed by atoms with Crippen molar-refractivity contribution in [2.45, 2.75) is 77.2 Å². The second kappa shape index (κ2) is 8.88. The van der Waals surface area contributed by atoms with Crippen molar-refractivity contribution < 1.29 is 4.74 Å². The lowest BCUT2D eigenvalue weighted by Crippen LogP contribution is -2.40. The van der Waals surface area contributed by atoms with E-state index in [2.05, 4.69) is 22.6 Å². The summed E-state index contributed by atoms with van der Waals surface area (Å²) in [6.07, 6.45) is 14.4. The maximum absolute atomic E-state index is 5.56. The van der Waals surface area contributed by atoms with Crippen LogP contribution in [-0.4, -0.2) is 47.3 Å². The van der Waals surface area contributed by atoms with Crippen molar-refractivity contribution in [3.63, 3.8) is 0 Å². The molecule has 2 aliphatic heterocycles. The molecule has 26 heavy (non-hydrogen) atoms. The van der Waals surface area contributed by atoms with Gasteiger partial charge in [-0.3, -0.25) is 0 Å². The Balaban J connectivity index is 1.36. The van der Waals surface area contributed by atoms with Crippen LogP contribution in [0.4, 0.5) is 0 Å². The molecule has 0 amide bonds. The Labute approximate surface area is 159 Å². The number of rotatable bonds is 5. The van der Waals surface area contributed by atoms with Gasteiger partial charge < -0.3 is 14.2 Å². The first-order valence-electron chi connectivity index (χ1n) is 11.1. The van der Waals surface area contributed by atoms with Crippen LogP contribution in [0.15, 0.2) is 6.20 Å². The Kier molecular flexibility index (Phi) is 6.31. The Morgan fingerprint density at radius 3 is 2.54 bits per heavy atom. The minimum Gasteiger partial charge on any atom is -0.381 e. The lowest BCUT2D eigenvalue weighted by atomic mass is 9.88. The number of ether oxygens (including phenoxy) is 1. The quantitative estimate of drug-likeness (QED) is 0.782. The van der Waals surface area contributed by atoms with Crippen molar-refractivity contribution in [1.82, 2.24) is 14.5 Å². The number of aromatic nitrogens is 2. The van der Waals surface area contributed by atoms with Crippen LogP contribution >= 0.6 is 0 Å². The highest BCUT2D eigenvalue weighted by atomic mass is 16.5. The SMILES string of the molecule is Cc1cnc(C2CCOCC2)n1CC1CCCN(CC2CCCCC2)C1. The van der Waals surface area contributed by atoms with Gasteiger partial charge in [-0.25, -0.2) is 4.98 Å². The molecule has 3 aliphatic rings. The van der Waals surface area contributed by atoms with Gasteiger partial charge in [0.1, 0.15) is 5.82 Å². The topological polar surface area (TPSA) is 30.3 Å². The average Bonchev–Trinajstić information content (AvgIpc) is 3.04. The summed E-state index contributed by atoms with van der Waals surface area (Å²) >= 11 is 0. The van der Waals surface area contributed by atoms with Gasteiger partial charge in [-0.1, -0.05) is 19.3 Å². The monoisotopic (exact) mass is 359 g/mol. The van der Waals surface area contributed by atoms with Gasteiger partial charge in [-0.15, -0.1) is 0 Å². The second-order valence-corrected chi connectivity index (χ2v) is 9.03. The number of imidazole rings is 1. The Bertz CT molecular complexity index is 558. The predicted octanol–water partition coefficient (Wildman–Crippen LogP) is 4.38. The molecule has 1 aliphatic carbocycles. The summed E-state index contributed by atoms with van der Waals surface area (Å²) < 4.78 is 8.11. The molecule has 0 radical (unpaired) electrons. The first-order chi connectivity index (χ1) is 12.8. The van der Waals surface area contributed by atoms with Crippen molar-refractivity contribution in [1.29, 1.82) is 0 Å². The maximum atomic E-state index is 5.56. The Hall–Kier alpha value is -0.870. The summed E-state index contributed by atoms with van der Waals surface area (Å²) in [6, 6.07) is 0. The van der Waals surface area contributed by atoms with E-state index in [0.29, 0.717) is 5.92 Å². The molecule has 4 heteroatoms. The molecule has 3 fully saturated rings. The van der Waals surface area contributed by atoms with Crippen LogP contribution in [0.2, 0.25) is 0 Å². The highest BCUT2D eigenvalue weighted by molar-refractivity contribution is 5.09. The third-order valence-corrected chi connectivity index (χ3v) is 6.96. The minimum absolute atomic E-state index is 0.597. The fourth-order valence-corrected chi connectivity index (χ4v) is 5.46. The van der Waals surface area contributed by atoms with Crippen LogP contribution in [0.3, 0.4) is 0 Å². The van der Waals surface area contributed by atoms with Gasteiger partial charge in [-0.05, 0) is 63.8 Å². The van der Waals surface area contributed by atoms with Crippen LogP contribution in [-0.2, 0) is 11.3 Å². The van der Waals surface area contributed by atoms with Gasteiger partial charge in [0.15, 0.2) is 0 Å². The van der Waals surface area contributed by atoms with Crippen LogP contribution in [0.1, 0.15) is 75.2 Å². The zero-order valence-corrected chi connectivity index (χ0v) is 16.7. The van der Waals surface area contributed by atoms with Crippen LogP contribution in [0.5, 0.6) is 0 Å². The van der Waals surface area contributed by atoms with E-state index in [0.717, 1.165) is 37.9 Å². The van der Waals surface area contributed by atoms with E-state index in [1.807, 2.05) is 0 Å². The standard InChI is InChI=1S/C22H37N3O/c1-18-14-23-22(21-9-12-26-13-10-21)25(18)17-20-8-5-11-24(16-20)15-19-6-3-2-4-7-19/h14,19-21H,2-13,15-17H2,1H3. The van der Waals surface area contributed by atoms with Crippen molar-refractivity contribution in [2.24, 2.45) is 11.8 Å². The van der Waals surface area contributed by atoms with Crippen molar-refractivity contribution in [3.8, 4) is 0 Å². The number of aryl methyl sites for hydroxylation is 1. The number of hydrogen-bond acceptors (Lipinski definition) is 3. The largest absolute Gasteiger partial charge is 0.381 e. The number of likely N-dealkylation sites (tertiary alicyclic amines) is 1. The lowest BCUT2D eigenvalue weighted by molar-refractivity contribution is 0.0819. The molecule has 1 unspecified atom stereocenters. The molecule has 2 saturated heterocycles. The molecule has 3 heterocycles. The maximum Gasteiger partial charge on any atom is 0.112 e. The molecule has 1 saturated carbocycles. The van der Waals surface area contributed by atoms with Crippen LogP contribution in [0, 0.1) is 18.8 Å². The highest BCUT2D eigenvalue weighted by Gasteiger charge is 2.26. The fraction of sp³-hybridized carbons (Fsp3) is 0.864. The zero-order valence-electron chi connectivity index (χ0n) is 16.7. The van der Waals surface area contributed by atoms with Gasteiger partial charge in [0, 0.05) is 50.7 Å². The molecular weight excluding hydrogens is 322 g/mol. The van der Waals surface area contributed by atoms with E-state index in [9.17, 15) is 0 Å². The number of nitrogens with zero attached hydrogens (tertiary/aromatic N) is 3. The summed E-state index contributed by atoms with van der Waals surface area (Å²) in [5, 5.41) is 0. The molecule has 0 spiro atoms. The summed E-state index contributed by atoms with van der Waals surface area (Å²) in [4.78, 5) is 7.59. The molecule has 146 valence electrons. The van der Waals surface area contributed by atoms with E-state index in [4.69, 9.17) is 9.72 Å². The van der Waals surface area contributed by atoms with Crippen LogP contribution in [0.25, 0.3) is 0 Å². The summed E-state index contributed by atoms with van der Waals surface area (Å²) in [5.41, 5.74) is 1.34. The highest BCUT2D eigenvalue weighted by Crippen LogP contribution is 2.30. The lowest BCUT2D eigenvalue weighted by Gasteiger charge is -2.36. The van der Waals surface area contributed by atoms with Gasteiger partial charge >= 0.3 is 0 Å². The molecule has 4 nitrogen and oxygen atoms in total. The van der Waals surface area contributed by atoms with E-state index >= 15 is 0 Å². The van der Waals surface area contributed by atoms with E-state index < -0.39 is 0 Å². The molecule has 0 aromatic carbocycles. The smallest absolute Gasteiger partial charge is 0.112 e. The average molecular weight is 360 g/mol. The first-order valence-corrected chi connectivity index (χ1v) is 11.1. The van der Waals surface area contributed by atoms with E-state index in [1.54, 1.807) is 0 Å². The minimum atomic E-state index is 0.597. The third-order valence-electron chi connectivity index (χ3n) is 6.96.